The molecule has 8 heteroatoms. The average molecular weight is 435 g/mol. The van der Waals surface area contributed by atoms with Crippen LogP contribution >= 0.6 is 0 Å². The molecule has 0 aliphatic carbocycles. The van der Waals surface area contributed by atoms with E-state index >= 15 is 0 Å². The fourth-order valence-electron chi connectivity index (χ4n) is 3.43. The van der Waals surface area contributed by atoms with Gasteiger partial charge in [-0.25, -0.2) is 9.99 Å². The van der Waals surface area contributed by atoms with Crippen molar-refractivity contribution in [2.24, 2.45) is 5.10 Å². The number of anilines is 2. The van der Waals surface area contributed by atoms with Gasteiger partial charge in [0.2, 0.25) is 0 Å². The van der Waals surface area contributed by atoms with E-state index in [1.807, 2.05) is 34.9 Å². The van der Waals surface area contributed by atoms with Crippen LogP contribution in [0.4, 0.5) is 11.5 Å². The minimum atomic E-state index is -1.31. The van der Waals surface area contributed by atoms with Crippen molar-refractivity contribution >= 4 is 30.7 Å². The number of aryl methyl sites for hydroxylation is 1. The van der Waals surface area contributed by atoms with Crippen molar-refractivity contribution in [2.45, 2.75) is 40.0 Å². The van der Waals surface area contributed by atoms with Crippen molar-refractivity contribution in [3.8, 4) is 0 Å². The molecular formula is C23H30N6OSi. The number of nitrogens with zero attached hydrogens (tertiary/aromatic N) is 5. The maximum absolute atomic E-state index is 5.85. The van der Waals surface area contributed by atoms with E-state index in [1.165, 1.54) is 5.19 Å². The SMILES string of the molecule is CCNc1ccc(Cn2nc(C3=NN(c4ccc([Si](C)(C)C)cc4)CO3)cc2C)cn1. The Hall–Kier alpha value is -3.13. The van der Waals surface area contributed by atoms with Crippen molar-refractivity contribution in [3.63, 3.8) is 0 Å². The van der Waals surface area contributed by atoms with E-state index in [1.54, 1.807) is 0 Å². The van der Waals surface area contributed by atoms with Crippen LogP contribution in [-0.2, 0) is 11.3 Å². The molecule has 31 heavy (non-hydrogen) atoms. The third kappa shape index (κ3) is 4.79. The third-order valence-corrected chi connectivity index (χ3v) is 7.35. The summed E-state index contributed by atoms with van der Waals surface area (Å²) < 4.78 is 7.81. The fraction of sp³-hybridized carbons (Fsp3) is 0.348. The van der Waals surface area contributed by atoms with E-state index < -0.39 is 8.07 Å². The summed E-state index contributed by atoms with van der Waals surface area (Å²) in [5.41, 5.74) is 3.92. The highest BCUT2D eigenvalue weighted by Crippen LogP contribution is 2.20. The molecule has 0 amide bonds. The number of hydrogen-bond acceptors (Lipinski definition) is 6. The molecule has 3 aromatic rings. The fourth-order valence-corrected chi connectivity index (χ4v) is 4.60. The predicted octanol–water partition coefficient (Wildman–Crippen LogP) is 3.77. The number of aromatic nitrogens is 3. The first kappa shape index (κ1) is 21.1. The highest BCUT2D eigenvalue weighted by atomic mass is 28.3. The van der Waals surface area contributed by atoms with E-state index in [9.17, 15) is 0 Å². The van der Waals surface area contributed by atoms with Crippen LogP contribution in [0.1, 0.15) is 23.9 Å². The molecule has 0 bridgehead atoms. The second-order valence-corrected chi connectivity index (χ2v) is 13.9. The number of hydrazone groups is 1. The molecule has 0 saturated heterocycles. The smallest absolute Gasteiger partial charge is 0.261 e. The molecule has 0 spiro atoms. The summed E-state index contributed by atoms with van der Waals surface area (Å²) in [7, 11) is -1.31. The Morgan fingerprint density at radius 2 is 1.87 bits per heavy atom. The quantitative estimate of drug-likeness (QED) is 0.574. The number of pyridine rings is 1. The maximum Gasteiger partial charge on any atom is 0.261 e. The summed E-state index contributed by atoms with van der Waals surface area (Å²) >= 11 is 0. The monoisotopic (exact) mass is 434 g/mol. The van der Waals surface area contributed by atoms with Gasteiger partial charge in [-0.3, -0.25) is 4.68 Å². The highest BCUT2D eigenvalue weighted by Gasteiger charge is 2.22. The minimum absolute atomic E-state index is 0.392. The van der Waals surface area contributed by atoms with Gasteiger partial charge in [-0.05, 0) is 43.7 Å². The van der Waals surface area contributed by atoms with Crippen LogP contribution in [0.25, 0.3) is 0 Å². The van der Waals surface area contributed by atoms with Crippen LogP contribution in [0.3, 0.4) is 0 Å². The largest absolute Gasteiger partial charge is 0.452 e. The lowest BCUT2D eigenvalue weighted by Crippen LogP contribution is -2.37. The number of hydrogen-bond donors (Lipinski definition) is 1. The molecular weight excluding hydrogens is 404 g/mol. The number of benzene rings is 1. The summed E-state index contributed by atoms with van der Waals surface area (Å²) in [6.45, 7) is 13.0. The van der Waals surface area contributed by atoms with Crippen molar-refractivity contribution in [1.29, 1.82) is 0 Å². The first-order valence-corrected chi connectivity index (χ1v) is 14.2. The average Bonchev–Trinajstić information content (AvgIpc) is 3.37. The standard InChI is InChI=1S/C23H30N6OSi/c1-6-24-22-12-7-18(14-25-22)15-28-17(2)13-21(26-28)23-27-29(16-30-23)19-8-10-20(11-9-19)31(3,4)5/h7-14H,6,15-16H2,1-5H3,(H,24,25). The van der Waals surface area contributed by atoms with Gasteiger partial charge in [-0.15, -0.1) is 5.10 Å². The lowest BCUT2D eigenvalue weighted by atomic mass is 10.3. The van der Waals surface area contributed by atoms with Crippen LogP contribution < -0.4 is 15.5 Å². The Morgan fingerprint density at radius 3 is 2.52 bits per heavy atom. The predicted molar refractivity (Wildman–Crippen MR) is 129 cm³/mol. The number of nitrogens with one attached hydrogen (secondary N) is 1. The van der Waals surface area contributed by atoms with Gasteiger partial charge in [0.25, 0.3) is 5.90 Å². The molecule has 0 radical (unpaired) electrons. The summed E-state index contributed by atoms with van der Waals surface area (Å²) in [6.07, 6.45) is 1.88. The number of rotatable bonds is 7. The molecule has 0 fully saturated rings. The van der Waals surface area contributed by atoms with Crippen molar-refractivity contribution in [1.82, 2.24) is 14.8 Å². The van der Waals surface area contributed by atoms with Crippen molar-refractivity contribution in [3.05, 3.63) is 65.6 Å². The van der Waals surface area contributed by atoms with Crippen LogP contribution in [0, 0.1) is 6.92 Å². The molecule has 3 heterocycles. The molecule has 2 aromatic heterocycles. The van der Waals surface area contributed by atoms with E-state index in [0.717, 1.165) is 35.0 Å². The zero-order valence-electron chi connectivity index (χ0n) is 18.9. The molecule has 1 aliphatic heterocycles. The van der Waals surface area contributed by atoms with Crippen molar-refractivity contribution < 1.29 is 4.74 Å². The van der Waals surface area contributed by atoms with Gasteiger partial charge in [-0.2, -0.15) is 5.10 Å². The summed E-state index contributed by atoms with van der Waals surface area (Å²) in [5, 5.41) is 15.9. The molecule has 1 N–H and O–H groups in total. The topological polar surface area (TPSA) is 67.6 Å². The van der Waals surface area contributed by atoms with Gasteiger partial charge < -0.3 is 10.1 Å². The minimum Gasteiger partial charge on any atom is -0.452 e. The van der Waals surface area contributed by atoms with Crippen molar-refractivity contribution in [2.75, 3.05) is 23.6 Å². The van der Waals surface area contributed by atoms with Gasteiger partial charge in [0.05, 0.1) is 20.3 Å². The molecule has 4 rings (SSSR count). The molecule has 7 nitrogen and oxygen atoms in total. The molecule has 0 saturated carbocycles. The zero-order chi connectivity index (χ0) is 22.0. The van der Waals surface area contributed by atoms with Gasteiger partial charge in [0, 0.05) is 18.4 Å². The molecule has 162 valence electrons. The van der Waals surface area contributed by atoms with Crippen LogP contribution in [-0.4, -0.2) is 42.0 Å². The summed E-state index contributed by atoms with van der Waals surface area (Å²) in [4.78, 5) is 4.44. The summed E-state index contributed by atoms with van der Waals surface area (Å²) in [5.74, 6) is 1.44. The van der Waals surface area contributed by atoms with Crippen LogP contribution in [0.2, 0.25) is 19.6 Å². The molecule has 1 aromatic carbocycles. The Bertz CT molecular complexity index is 1070. The second kappa shape index (κ2) is 8.54. The Balaban J connectivity index is 1.48. The first-order chi connectivity index (χ1) is 14.8. The van der Waals surface area contributed by atoms with Gasteiger partial charge in [-0.1, -0.05) is 43.0 Å². The molecule has 0 atom stereocenters. The van der Waals surface area contributed by atoms with Gasteiger partial charge in [0.1, 0.15) is 11.5 Å². The Morgan fingerprint density at radius 1 is 1.10 bits per heavy atom. The van der Waals surface area contributed by atoms with E-state index in [-0.39, 0.29) is 0 Å². The lowest BCUT2D eigenvalue weighted by Gasteiger charge is -2.18. The summed E-state index contributed by atoms with van der Waals surface area (Å²) in [6, 6.07) is 14.7. The lowest BCUT2D eigenvalue weighted by molar-refractivity contribution is 0.337. The zero-order valence-corrected chi connectivity index (χ0v) is 19.9. The normalized spacial score (nSPS) is 13.8. The molecule has 1 aliphatic rings. The highest BCUT2D eigenvalue weighted by molar-refractivity contribution is 6.88. The van der Waals surface area contributed by atoms with E-state index in [2.05, 4.69) is 72.3 Å². The van der Waals surface area contributed by atoms with Gasteiger partial charge >= 0.3 is 0 Å². The Labute approximate surface area is 184 Å². The molecule has 0 unspecified atom stereocenters. The van der Waals surface area contributed by atoms with Crippen LogP contribution in [0.5, 0.6) is 0 Å². The van der Waals surface area contributed by atoms with E-state index in [4.69, 9.17) is 9.84 Å². The number of ether oxygens (including phenoxy) is 1. The second-order valence-electron chi connectivity index (χ2n) is 8.79. The van der Waals surface area contributed by atoms with E-state index in [0.29, 0.717) is 19.2 Å². The van der Waals surface area contributed by atoms with Gasteiger partial charge in [0.15, 0.2) is 6.73 Å². The third-order valence-electron chi connectivity index (χ3n) is 5.28. The maximum atomic E-state index is 5.85. The first-order valence-electron chi connectivity index (χ1n) is 10.7. The van der Waals surface area contributed by atoms with Crippen LogP contribution in [0.15, 0.2) is 53.8 Å². The Kier molecular flexibility index (Phi) is 5.82.